The van der Waals surface area contributed by atoms with Gasteiger partial charge in [0.2, 0.25) is 0 Å². The Morgan fingerprint density at radius 2 is 2.00 bits per heavy atom. The lowest BCUT2D eigenvalue weighted by Gasteiger charge is -1.93. The predicted molar refractivity (Wildman–Crippen MR) is 58.3 cm³/mol. The summed E-state index contributed by atoms with van der Waals surface area (Å²) in [6, 6.07) is 10.1. The zero-order valence-corrected chi connectivity index (χ0v) is 8.69. The summed E-state index contributed by atoms with van der Waals surface area (Å²) in [7, 11) is 0. The molecule has 0 saturated carbocycles. The van der Waals surface area contributed by atoms with E-state index >= 15 is 0 Å². The summed E-state index contributed by atoms with van der Waals surface area (Å²) in [4.78, 5) is 10.3. The van der Waals surface area contributed by atoms with E-state index in [1.54, 1.807) is 0 Å². The van der Waals surface area contributed by atoms with Gasteiger partial charge < -0.3 is 0 Å². The summed E-state index contributed by atoms with van der Waals surface area (Å²) >= 11 is 2.03. The molecule has 0 aromatic heterocycles. The van der Waals surface area contributed by atoms with Crippen LogP contribution in [-0.2, 0) is 11.2 Å². The molecule has 0 aliphatic rings. The number of rotatable bonds is 3. The van der Waals surface area contributed by atoms with Crippen LogP contribution >= 0.6 is 22.6 Å². The monoisotopic (exact) mass is 272 g/mol. The maximum atomic E-state index is 10.3. The highest BCUT2D eigenvalue weighted by molar-refractivity contribution is 14.1. The molecule has 0 aliphatic carbocycles. The molecule has 0 N–H and O–H groups in total. The van der Waals surface area contributed by atoms with Gasteiger partial charge in [0, 0.05) is 3.58 Å². The minimum atomic E-state index is 0.761. The van der Waals surface area contributed by atoms with Crippen LogP contribution in [-0.4, -0.2) is 6.29 Å². The van der Waals surface area contributed by atoms with E-state index in [1.165, 1.54) is 5.56 Å². The molecular formula is C10H9IO. The lowest BCUT2D eigenvalue weighted by atomic mass is 10.1. The van der Waals surface area contributed by atoms with Crippen LogP contribution < -0.4 is 0 Å². The smallest absolute Gasteiger partial charge is 0.155 e. The number of aldehydes is 1. The number of halogens is 1. The van der Waals surface area contributed by atoms with E-state index in [9.17, 15) is 4.79 Å². The van der Waals surface area contributed by atoms with Gasteiger partial charge in [0.05, 0.1) is 0 Å². The van der Waals surface area contributed by atoms with Crippen molar-refractivity contribution in [2.75, 3.05) is 0 Å². The Morgan fingerprint density at radius 1 is 1.33 bits per heavy atom. The summed E-state index contributed by atoms with van der Waals surface area (Å²) in [6.07, 6.45) is 3.62. The second kappa shape index (κ2) is 5.09. The molecule has 0 fully saturated rings. The summed E-state index contributed by atoms with van der Waals surface area (Å²) in [5.74, 6) is 0. The molecule has 12 heavy (non-hydrogen) atoms. The zero-order chi connectivity index (χ0) is 8.81. The number of hydrogen-bond donors (Lipinski definition) is 0. The van der Waals surface area contributed by atoms with Gasteiger partial charge in [-0.2, -0.15) is 0 Å². The second-order valence-electron chi connectivity index (χ2n) is 2.40. The van der Waals surface area contributed by atoms with E-state index in [1.807, 2.05) is 59.0 Å². The first-order valence-corrected chi connectivity index (χ1v) is 4.75. The number of carbonyl (C=O) groups excluding carboxylic acids is 1. The molecule has 0 amide bonds. The van der Waals surface area contributed by atoms with Crippen molar-refractivity contribution >= 4 is 28.9 Å². The maximum absolute atomic E-state index is 10.3. The molecule has 0 spiro atoms. The van der Waals surface area contributed by atoms with Crippen molar-refractivity contribution < 1.29 is 4.79 Å². The molecule has 1 rings (SSSR count). The Hall–Kier alpha value is -0.640. The maximum Gasteiger partial charge on any atom is 0.155 e. The van der Waals surface area contributed by atoms with Gasteiger partial charge in [-0.15, -0.1) is 0 Å². The largest absolute Gasteiger partial charge is 0.297 e. The van der Waals surface area contributed by atoms with Crippen molar-refractivity contribution in [1.82, 2.24) is 0 Å². The highest BCUT2D eigenvalue weighted by atomic mass is 127. The predicted octanol–water partition coefficient (Wildman–Crippen LogP) is 2.75. The average Bonchev–Trinajstić information content (AvgIpc) is 2.16. The van der Waals surface area contributed by atoms with Crippen LogP contribution in [0.2, 0.25) is 0 Å². The molecule has 1 aromatic rings. The van der Waals surface area contributed by atoms with Gasteiger partial charge in [0.15, 0.2) is 6.29 Å². The van der Waals surface area contributed by atoms with E-state index < -0.39 is 0 Å². The first kappa shape index (κ1) is 9.45. The zero-order valence-electron chi connectivity index (χ0n) is 6.53. The third-order valence-electron chi connectivity index (χ3n) is 1.49. The SMILES string of the molecule is O=C/C(I)=C\Cc1ccccc1. The quantitative estimate of drug-likeness (QED) is 0.470. The van der Waals surface area contributed by atoms with Crippen molar-refractivity contribution in [3.05, 3.63) is 45.6 Å². The average molecular weight is 272 g/mol. The Balaban J connectivity index is 2.60. The lowest BCUT2D eigenvalue weighted by molar-refractivity contribution is -0.104. The fraction of sp³-hybridized carbons (Fsp3) is 0.100. The second-order valence-corrected chi connectivity index (χ2v) is 3.64. The molecule has 62 valence electrons. The number of benzene rings is 1. The van der Waals surface area contributed by atoms with Crippen LogP contribution in [0.15, 0.2) is 40.0 Å². The normalized spacial score (nSPS) is 11.2. The van der Waals surface area contributed by atoms with E-state index in [2.05, 4.69) is 0 Å². The van der Waals surface area contributed by atoms with E-state index in [0.29, 0.717) is 0 Å². The van der Waals surface area contributed by atoms with Crippen molar-refractivity contribution in [3.8, 4) is 0 Å². The Labute approximate surface area is 85.6 Å². The van der Waals surface area contributed by atoms with Crippen molar-refractivity contribution in [2.24, 2.45) is 0 Å². The van der Waals surface area contributed by atoms with E-state index in [0.717, 1.165) is 16.3 Å². The van der Waals surface area contributed by atoms with Crippen LogP contribution in [0.1, 0.15) is 5.56 Å². The molecule has 1 aromatic carbocycles. The van der Waals surface area contributed by atoms with Crippen molar-refractivity contribution in [2.45, 2.75) is 6.42 Å². The van der Waals surface area contributed by atoms with Gasteiger partial charge in [-0.3, -0.25) is 4.79 Å². The molecule has 0 unspecified atom stereocenters. The van der Waals surface area contributed by atoms with Crippen LogP contribution in [0.25, 0.3) is 0 Å². The molecule has 2 heteroatoms. The van der Waals surface area contributed by atoms with Gasteiger partial charge in [-0.05, 0) is 34.6 Å². The highest BCUT2D eigenvalue weighted by Gasteiger charge is 1.89. The summed E-state index contributed by atoms with van der Waals surface area (Å²) in [5.41, 5.74) is 1.23. The van der Waals surface area contributed by atoms with Crippen LogP contribution in [0.4, 0.5) is 0 Å². The fourth-order valence-corrected chi connectivity index (χ4v) is 1.10. The van der Waals surface area contributed by atoms with Gasteiger partial charge in [0.1, 0.15) is 0 Å². The molecule has 0 bridgehead atoms. The lowest BCUT2D eigenvalue weighted by Crippen LogP contribution is -1.80. The first-order chi connectivity index (χ1) is 5.83. The number of allylic oxidation sites excluding steroid dienone is 2. The minimum absolute atomic E-state index is 0.761. The van der Waals surface area contributed by atoms with Gasteiger partial charge in [0.25, 0.3) is 0 Å². The summed E-state index contributed by atoms with van der Waals surface area (Å²) < 4.78 is 0.761. The van der Waals surface area contributed by atoms with Crippen molar-refractivity contribution in [1.29, 1.82) is 0 Å². The minimum Gasteiger partial charge on any atom is -0.297 e. The molecule has 1 nitrogen and oxygen atoms in total. The Morgan fingerprint density at radius 3 is 2.58 bits per heavy atom. The summed E-state index contributed by atoms with van der Waals surface area (Å²) in [6.45, 7) is 0. The fourth-order valence-electron chi connectivity index (χ4n) is 0.878. The summed E-state index contributed by atoms with van der Waals surface area (Å²) in [5, 5.41) is 0. The molecule has 0 saturated heterocycles. The third-order valence-corrected chi connectivity index (χ3v) is 2.18. The van der Waals surface area contributed by atoms with Crippen molar-refractivity contribution in [3.63, 3.8) is 0 Å². The molecule has 0 radical (unpaired) electrons. The van der Waals surface area contributed by atoms with Crippen LogP contribution in [0, 0.1) is 0 Å². The van der Waals surface area contributed by atoms with E-state index in [-0.39, 0.29) is 0 Å². The third kappa shape index (κ3) is 3.17. The van der Waals surface area contributed by atoms with E-state index in [4.69, 9.17) is 0 Å². The first-order valence-electron chi connectivity index (χ1n) is 3.67. The Kier molecular flexibility index (Phi) is 4.00. The number of carbonyl (C=O) groups is 1. The molecule has 0 atom stereocenters. The molecular weight excluding hydrogens is 263 g/mol. The molecule has 0 heterocycles. The number of hydrogen-bond acceptors (Lipinski definition) is 1. The van der Waals surface area contributed by atoms with Crippen LogP contribution in [0.5, 0.6) is 0 Å². The molecule has 0 aliphatic heterocycles. The van der Waals surface area contributed by atoms with Gasteiger partial charge in [-0.25, -0.2) is 0 Å². The van der Waals surface area contributed by atoms with Gasteiger partial charge >= 0.3 is 0 Å². The van der Waals surface area contributed by atoms with Crippen LogP contribution in [0.3, 0.4) is 0 Å². The highest BCUT2D eigenvalue weighted by Crippen LogP contribution is 2.06. The standard InChI is InChI=1S/C10H9IO/c11-10(8-12)7-6-9-4-2-1-3-5-9/h1-5,7-8H,6H2/b10-7+. The Bertz CT molecular complexity index is 277. The van der Waals surface area contributed by atoms with Gasteiger partial charge in [-0.1, -0.05) is 36.4 Å². The topological polar surface area (TPSA) is 17.1 Å².